The predicted octanol–water partition coefficient (Wildman–Crippen LogP) is 3.25. The zero-order valence-electron chi connectivity index (χ0n) is 10.9. The minimum absolute atomic E-state index is 0.0273. The number of amides is 1. The molecule has 4 nitrogen and oxygen atoms in total. The van der Waals surface area contributed by atoms with Gasteiger partial charge in [-0.15, -0.1) is 0 Å². The average Bonchev–Trinajstić information content (AvgIpc) is 2.92. The van der Waals surface area contributed by atoms with Crippen molar-refractivity contribution >= 4 is 11.6 Å². The number of carbonyl (C=O) groups excluding carboxylic acids is 1. The van der Waals surface area contributed by atoms with Crippen LogP contribution in [0.4, 0.5) is 5.69 Å². The minimum Gasteiger partial charge on any atom is -0.494 e. The number of aryl methyl sites for hydroxylation is 1. The third-order valence-corrected chi connectivity index (χ3v) is 2.63. The Morgan fingerprint density at radius 1 is 1.26 bits per heavy atom. The van der Waals surface area contributed by atoms with Crippen molar-refractivity contribution in [2.45, 2.75) is 19.8 Å². The first-order valence-corrected chi connectivity index (χ1v) is 6.33. The number of anilines is 1. The molecule has 19 heavy (non-hydrogen) atoms. The standard InChI is InChI=1S/C15H17NO3/c1-2-18-14-7-5-12(6-8-14)16-15(17)10-9-13-4-3-11-19-13/h3-8,11H,2,9-10H2,1H3,(H,16,17). The molecule has 0 saturated heterocycles. The monoisotopic (exact) mass is 259 g/mol. The summed E-state index contributed by atoms with van der Waals surface area (Å²) in [5.74, 6) is 1.60. The molecule has 0 aliphatic carbocycles. The summed E-state index contributed by atoms with van der Waals surface area (Å²) in [6, 6.07) is 11.0. The van der Waals surface area contributed by atoms with Crippen molar-refractivity contribution in [1.29, 1.82) is 0 Å². The van der Waals surface area contributed by atoms with Crippen LogP contribution in [0.15, 0.2) is 47.1 Å². The molecule has 4 heteroatoms. The van der Waals surface area contributed by atoms with E-state index in [1.807, 2.05) is 43.3 Å². The Morgan fingerprint density at radius 3 is 2.68 bits per heavy atom. The molecule has 0 spiro atoms. The van der Waals surface area contributed by atoms with Gasteiger partial charge in [0.2, 0.25) is 5.91 Å². The molecule has 0 fully saturated rings. The molecule has 1 N–H and O–H groups in total. The highest BCUT2D eigenvalue weighted by atomic mass is 16.5. The summed E-state index contributed by atoms with van der Waals surface area (Å²) in [5.41, 5.74) is 0.771. The molecular formula is C15H17NO3. The van der Waals surface area contributed by atoms with E-state index in [-0.39, 0.29) is 5.91 Å². The summed E-state index contributed by atoms with van der Waals surface area (Å²) in [6.07, 6.45) is 2.62. The SMILES string of the molecule is CCOc1ccc(NC(=O)CCc2ccco2)cc1. The third kappa shape index (κ3) is 4.17. The summed E-state index contributed by atoms with van der Waals surface area (Å²) in [4.78, 5) is 11.7. The van der Waals surface area contributed by atoms with Crippen LogP contribution in [-0.2, 0) is 11.2 Å². The van der Waals surface area contributed by atoms with Crippen molar-refractivity contribution < 1.29 is 13.9 Å². The van der Waals surface area contributed by atoms with Crippen molar-refractivity contribution in [3.05, 3.63) is 48.4 Å². The number of carbonyl (C=O) groups is 1. The second kappa shape index (κ2) is 6.64. The van der Waals surface area contributed by atoms with Crippen molar-refractivity contribution in [1.82, 2.24) is 0 Å². The van der Waals surface area contributed by atoms with Gasteiger partial charge in [0, 0.05) is 18.5 Å². The number of hydrogen-bond donors (Lipinski definition) is 1. The molecule has 1 aromatic carbocycles. The van der Waals surface area contributed by atoms with E-state index < -0.39 is 0 Å². The lowest BCUT2D eigenvalue weighted by Crippen LogP contribution is -2.12. The molecule has 0 aliphatic heterocycles. The summed E-state index contributed by atoms with van der Waals surface area (Å²) in [7, 11) is 0. The number of nitrogens with one attached hydrogen (secondary N) is 1. The highest BCUT2D eigenvalue weighted by molar-refractivity contribution is 5.90. The molecule has 2 aromatic rings. The summed E-state index contributed by atoms with van der Waals surface area (Å²) in [6.45, 7) is 2.57. The van der Waals surface area contributed by atoms with E-state index >= 15 is 0 Å². The van der Waals surface area contributed by atoms with Gasteiger partial charge in [0.25, 0.3) is 0 Å². The van der Waals surface area contributed by atoms with Crippen molar-refractivity contribution in [2.75, 3.05) is 11.9 Å². The fraction of sp³-hybridized carbons (Fsp3) is 0.267. The number of ether oxygens (including phenoxy) is 1. The second-order valence-electron chi connectivity index (χ2n) is 4.08. The first-order chi connectivity index (χ1) is 9.28. The Balaban J connectivity index is 1.81. The third-order valence-electron chi connectivity index (χ3n) is 2.63. The zero-order valence-corrected chi connectivity index (χ0v) is 10.9. The predicted molar refractivity (Wildman–Crippen MR) is 73.3 cm³/mol. The second-order valence-corrected chi connectivity index (χ2v) is 4.08. The van der Waals surface area contributed by atoms with Gasteiger partial charge in [-0.2, -0.15) is 0 Å². The summed E-state index contributed by atoms with van der Waals surface area (Å²) >= 11 is 0. The lowest BCUT2D eigenvalue weighted by atomic mass is 10.2. The summed E-state index contributed by atoms with van der Waals surface area (Å²) in [5, 5.41) is 2.84. The van der Waals surface area contributed by atoms with E-state index in [0.29, 0.717) is 19.4 Å². The molecule has 100 valence electrons. The van der Waals surface area contributed by atoms with Crippen molar-refractivity contribution in [2.24, 2.45) is 0 Å². The number of benzene rings is 1. The Hall–Kier alpha value is -2.23. The molecular weight excluding hydrogens is 242 g/mol. The van der Waals surface area contributed by atoms with Crippen LogP contribution in [-0.4, -0.2) is 12.5 Å². The number of rotatable bonds is 6. The van der Waals surface area contributed by atoms with Crippen molar-refractivity contribution in [3.8, 4) is 5.75 Å². The molecule has 0 unspecified atom stereocenters. The van der Waals surface area contributed by atoms with Gasteiger partial charge < -0.3 is 14.5 Å². The maximum absolute atomic E-state index is 11.7. The molecule has 0 saturated carbocycles. The molecule has 0 aliphatic rings. The van der Waals surface area contributed by atoms with Gasteiger partial charge in [0.05, 0.1) is 12.9 Å². The van der Waals surface area contributed by atoms with Crippen LogP contribution in [0.25, 0.3) is 0 Å². The van der Waals surface area contributed by atoms with Gasteiger partial charge in [0.15, 0.2) is 0 Å². The fourth-order valence-corrected chi connectivity index (χ4v) is 1.72. The quantitative estimate of drug-likeness (QED) is 0.866. The normalized spacial score (nSPS) is 10.2. The topological polar surface area (TPSA) is 51.5 Å². The van der Waals surface area contributed by atoms with Gasteiger partial charge in [-0.1, -0.05) is 0 Å². The van der Waals surface area contributed by atoms with Gasteiger partial charge in [0.1, 0.15) is 11.5 Å². The smallest absolute Gasteiger partial charge is 0.224 e. The zero-order chi connectivity index (χ0) is 13.5. The Labute approximate surface area is 112 Å². The lowest BCUT2D eigenvalue weighted by molar-refractivity contribution is -0.116. The van der Waals surface area contributed by atoms with E-state index in [1.165, 1.54) is 0 Å². The van der Waals surface area contributed by atoms with Crippen molar-refractivity contribution in [3.63, 3.8) is 0 Å². The lowest BCUT2D eigenvalue weighted by Gasteiger charge is -2.06. The van der Waals surface area contributed by atoms with E-state index in [1.54, 1.807) is 6.26 Å². The van der Waals surface area contributed by atoms with E-state index in [9.17, 15) is 4.79 Å². The maximum Gasteiger partial charge on any atom is 0.224 e. The van der Waals surface area contributed by atoms with Crippen LogP contribution in [0.3, 0.4) is 0 Å². The van der Waals surface area contributed by atoms with Crippen LogP contribution in [0.2, 0.25) is 0 Å². The summed E-state index contributed by atoms with van der Waals surface area (Å²) < 4.78 is 10.5. The first kappa shape index (κ1) is 13.2. The largest absolute Gasteiger partial charge is 0.494 e. The average molecular weight is 259 g/mol. The minimum atomic E-state index is -0.0273. The van der Waals surface area contributed by atoms with Crippen LogP contribution in [0.5, 0.6) is 5.75 Å². The molecule has 0 bridgehead atoms. The molecule has 1 amide bonds. The Morgan fingerprint density at radius 2 is 2.05 bits per heavy atom. The van der Waals surface area contributed by atoms with E-state index in [2.05, 4.69) is 5.32 Å². The molecule has 0 atom stereocenters. The maximum atomic E-state index is 11.7. The van der Waals surface area contributed by atoms with Crippen LogP contribution in [0, 0.1) is 0 Å². The van der Waals surface area contributed by atoms with E-state index in [4.69, 9.17) is 9.15 Å². The first-order valence-electron chi connectivity index (χ1n) is 6.33. The molecule has 2 rings (SSSR count). The van der Waals surface area contributed by atoms with Crippen LogP contribution < -0.4 is 10.1 Å². The van der Waals surface area contributed by atoms with Crippen LogP contribution >= 0.6 is 0 Å². The fourth-order valence-electron chi connectivity index (χ4n) is 1.72. The van der Waals surface area contributed by atoms with Crippen LogP contribution in [0.1, 0.15) is 19.1 Å². The Bertz CT molecular complexity index is 503. The Kier molecular flexibility index (Phi) is 4.61. The van der Waals surface area contributed by atoms with Gasteiger partial charge in [-0.05, 0) is 43.3 Å². The molecule has 1 heterocycles. The molecule has 0 radical (unpaired) electrons. The molecule has 1 aromatic heterocycles. The van der Waals surface area contributed by atoms with Gasteiger partial charge in [-0.25, -0.2) is 0 Å². The highest BCUT2D eigenvalue weighted by Gasteiger charge is 2.04. The highest BCUT2D eigenvalue weighted by Crippen LogP contribution is 2.16. The van der Waals surface area contributed by atoms with Gasteiger partial charge in [-0.3, -0.25) is 4.79 Å². The number of furan rings is 1. The van der Waals surface area contributed by atoms with E-state index in [0.717, 1.165) is 17.2 Å². The number of hydrogen-bond acceptors (Lipinski definition) is 3. The van der Waals surface area contributed by atoms with Gasteiger partial charge >= 0.3 is 0 Å².